The molecule has 1 atom stereocenters. The molecular formula is C15H19NO. The quantitative estimate of drug-likeness (QED) is 0.730. The van der Waals surface area contributed by atoms with Crippen LogP contribution in [0.25, 0.3) is 0 Å². The molecule has 17 heavy (non-hydrogen) atoms. The van der Waals surface area contributed by atoms with Crippen LogP contribution < -0.4 is 0 Å². The van der Waals surface area contributed by atoms with Gasteiger partial charge in [-0.15, -0.1) is 6.58 Å². The van der Waals surface area contributed by atoms with Crippen LogP contribution in [0.1, 0.15) is 25.8 Å². The zero-order valence-electron chi connectivity index (χ0n) is 10.5. The highest BCUT2D eigenvalue weighted by Crippen LogP contribution is 2.33. The molecule has 1 fully saturated rings. The van der Waals surface area contributed by atoms with Gasteiger partial charge >= 0.3 is 0 Å². The molecule has 90 valence electrons. The topological polar surface area (TPSA) is 20.3 Å². The van der Waals surface area contributed by atoms with Crippen molar-refractivity contribution in [2.24, 2.45) is 5.92 Å². The fourth-order valence-electron chi connectivity index (χ4n) is 2.44. The molecule has 1 aliphatic heterocycles. The summed E-state index contributed by atoms with van der Waals surface area (Å²) in [7, 11) is 0. The number of rotatable bonds is 3. The minimum absolute atomic E-state index is 0.226. The number of hydrogen-bond acceptors (Lipinski definition) is 1. The predicted molar refractivity (Wildman–Crippen MR) is 69.5 cm³/mol. The zero-order valence-corrected chi connectivity index (χ0v) is 10.5. The maximum atomic E-state index is 12.0. The summed E-state index contributed by atoms with van der Waals surface area (Å²) in [5, 5.41) is 0. The van der Waals surface area contributed by atoms with Crippen molar-refractivity contribution in [3.8, 4) is 0 Å². The Kier molecular flexibility index (Phi) is 3.05. The van der Waals surface area contributed by atoms with Gasteiger partial charge in [0.15, 0.2) is 0 Å². The number of carbonyl (C=O) groups excluding carboxylic acids is 1. The molecule has 0 bridgehead atoms. The summed E-state index contributed by atoms with van der Waals surface area (Å²) in [6, 6.07) is 10.2. The molecule has 2 rings (SSSR count). The minimum Gasteiger partial charge on any atom is -0.333 e. The van der Waals surface area contributed by atoms with Crippen molar-refractivity contribution >= 4 is 5.91 Å². The first-order valence-electron chi connectivity index (χ1n) is 6.04. The lowest BCUT2D eigenvalue weighted by atomic mass is 9.92. The molecule has 1 unspecified atom stereocenters. The standard InChI is InChI=1S/C15H19NO/c1-4-12-10-14(17)16(11-12)15(2,3)13-8-6-5-7-9-13/h4-9,12H,1,10-11H2,2-3H3. The van der Waals surface area contributed by atoms with Crippen molar-refractivity contribution in [3.63, 3.8) is 0 Å². The number of likely N-dealkylation sites (tertiary alicyclic amines) is 1. The monoisotopic (exact) mass is 229 g/mol. The predicted octanol–water partition coefficient (Wildman–Crippen LogP) is 2.96. The molecule has 1 aliphatic rings. The average Bonchev–Trinajstić information content (AvgIpc) is 2.72. The second-order valence-electron chi connectivity index (χ2n) is 5.13. The Morgan fingerprint density at radius 1 is 1.35 bits per heavy atom. The van der Waals surface area contributed by atoms with E-state index in [4.69, 9.17) is 0 Å². The first kappa shape index (κ1) is 11.9. The molecule has 0 saturated carbocycles. The van der Waals surface area contributed by atoms with Crippen LogP contribution in [0, 0.1) is 5.92 Å². The van der Waals surface area contributed by atoms with Gasteiger partial charge in [-0.05, 0) is 19.4 Å². The molecule has 0 aromatic heterocycles. The summed E-state index contributed by atoms with van der Waals surface area (Å²) in [6.07, 6.45) is 2.48. The molecule has 2 heteroatoms. The van der Waals surface area contributed by atoms with E-state index in [9.17, 15) is 4.79 Å². The van der Waals surface area contributed by atoms with Crippen LogP contribution in [0.5, 0.6) is 0 Å². The Labute approximate surface area is 103 Å². The van der Waals surface area contributed by atoms with Gasteiger partial charge in [-0.1, -0.05) is 36.4 Å². The third-order valence-electron chi connectivity index (χ3n) is 3.64. The van der Waals surface area contributed by atoms with E-state index in [-0.39, 0.29) is 11.4 Å². The molecule has 2 nitrogen and oxygen atoms in total. The van der Waals surface area contributed by atoms with Gasteiger partial charge in [-0.2, -0.15) is 0 Å². The van der Waals surface area contributed by atoms with E-state index in [1.165, 1.54) is 5.56 Å². The molecule has 1 aromatic carbocycles. The van der Waals surface area contributed by atoms with E-state index in [1.54, 1.807) is 0 Å². The van der Waals surface area contributed by atoms with Gasteiger partial charge in [0.25, 0.3) is 0 Å². The molecule has 0 aliphatic carbocycles. The summed E-state index contributed by atoms with van der Waals surface area (Å²) in [5.41, 5.74) is 0.939. The normalized spacial score (nSPS) is 20.7. The summed E-state index contributed by atoms with van der Waals surface area (Å²) < 4.78 is 0. The second kappa shape index (κ2) is 4.36. The van der Waals surface area contributed by atoms with Gasteiger partial charge in [0, 0.05) is 18.9 Å². The van der Waals surface area contributed by atoms with Crippen molar-refractivity contribution in [1.29, 1.82) is 0 Å². The first-order chi connectivity index (χ1) is 8.05. The molecular weight excluding hydrogens is 210 g/mol. The van der Waals surface area contributed by atoms with Crippen LogP contribution in [0.15, 0.2) is 43.0 Å². The average molecular weight is 229 g/mol. The number of hydrogen-bond donors (Lipinski definition) is 0. The van der Waals surface area contributed by atoms with E-state index in [0.717, 1.165) is 6.54 Å². The lowest BCUT2D eigenvalue weighted by Crippen LogP contribution is -2.42. The van der Waals surface area contributed by atoms with Gasteiger partial charge < -0.3 is 4.90 Å². The van der Waals surface area contributed by atoms with E-state index in [2.05, 4.69) is 32.6 Å². The summed E-state index contributed by atoms with van der Waals surface area (Å²) >= 11 is 0. The molecule has 1 saturated heterocycles. The summed E-state index contributed by atoms with van der Waals surface area (Å²) in [6.45, 7) is 8.78. The van der Waals surface area contributed by atoms with Gasteiger partial charge in [-0.3, -0.25) is 4.79 Å². The maximum absolute atomic E-state index is 12.0. The molecule has 1 aromatic rings. The number of carbonyl (C=O) groups is 1. The van der Waals surface area contributed by atoms with Crippen LogP contribution in [-0.2, 0) is 10.3 Å². The van der Waals surface area contributed by atoms with Crippen LogP contribution in [0.4, 0.5) is 0 Å². The Hall–Kier alpha value is -1.57. The lowest BCUT2D eigenvalue weighted by molar-refractivity contribution is -0.132. The lowest BCUT2D eigenvalue weighted by Gasteiger charge is -2.36. The number of nitrogens with zero attached hydrogens (tertiary/aromatic N) is 1. The number of amides is 1. The van der Waals surface area contributed by atoms with Crippen LogP contribution in [0.2, 0.25) is 0 Å². The van der Waals surface area contributed by atoms with Crippen molar-refractivity contribution < 1.29 is 4.79 Å². The summed E-state index contributed by atoms with van der Waals surface area (Å²) in [5.74, 6) is 0.522. The second-order valence-corrected chi connectivity index (χ2v) is 5.13. The van der Waals surface area contributed by atoms with Crippen molar-refractivity contribution in [2.45, 2.75) is 25.8 Å². The zero-order chi connectivity index (χ0) is 12.5. The van der Waals surface area contributed by atoms with E-state index in [1.807, 2.05) is 29.2 Å². The van der Waals surface area contributed by atoms with Gasteiger partial charge in [0.1, 0.15) is 0 Å². The van der Waals surface area contributed by atoms with E-state index >= 15 is 0 Å². The first-order valence-corrected chi connectivity index (χ1v) is 6.04. The van der Waals surface area contributed by atoms with E-state index < -0.39 is 0 Å². The SMILES string of the molecule is C=CC1CC(=O)N(C(C)(C)c2ccccc2)C1. The third-order valence-corrected chi connectivity index (χ3v) is 3.64. The number of benzene rings is 1. The fraction of sp³-hybridized carbons (Fsp3) is 0.400. The Bertz CT molecular complexity index is 422. The van der Waals surface area contributed by atoms with Gasteiger partial charge in [-0.25, -0.2) is 0 Å². The third kappa shape index (κ3) is 2.12. The fourth-order valence-corrected chi connectivity index (χ4v) is 2.44. The van der Waals surface area contributed by atoms with Crippen LogP contribution in [-0.4, -0.2) is 17.4 Å². The van der Waals surface area contributed by atoms with Gasteiger partial charge in [0.2, 0.25) is 5.91 Å². The molecule has 0 spiro atoms. The van der Waals surface area contributed by atoms with Crippen LogP contribution >= 0.6 is 0 Å². The Morgan fingerprint density at radius 3 is 2.53 bits per heavy atom. The highest BCUT2D eigenvalue weighted by atomic mass is 16.2. The van der Waals surface area contributed by atoms with Crippen molar-refractivity contribution in [2.75, 3.05) is 6.54 Å². The molecule has 0 N–H and O–H groups in total. The highest BCUT2D eigenvalue weighted by Gasteiger charge is 2.38. The summed E-state index contributed by atoms with van der Waals surface area (Å²) in [4.78, 5) is 14.0. The minimum atomic E-state index is -0.240. The van der Waals surface area contributed by atoms with E-state index in [0.29, 0.717) is 12.3 Å². The Balaban J connectivity index is 2.27. The molecule has 0 radical (unpaired) electrons. The Morgan fingerprint density at radius 2 is 2.00 bits per heavy atom. The van der Waals surface area contributed by atoms with Gasteiger partial charge in [0.05, 0.1) is 5.54 Å². The van der Waals surface area contributed by atoms with Crippen molar-refractivity contribution in [3.05, 3.63) is 48.6 Å². The van der Waals surface area contributed by atoms with Crippen LogP contribution in [0.3, 0.4) is 0 Å². The molecule has 1 heterocycles. The van der Waals surface area contributed by atoms with Crippen molar-refractivity contribution in [1.82, 2.24) is 4.90 Å². The largest absolute Gasteiger partial charge is 0.333 e. The highest BCUT2D eigenvalue weighted by molar-refractivity contribution is 5.80. The smallest absolute Gasteiger partial charge is 0.223 e. The maximum Gasteiger partial charge on any atom is 0.223 e. The molecule has 1 amide bonds.